The minimum atomic E-state index is 0.341. The Balaban J connectivity index is 1.03. The highest BCUT2D eigenvalue weighted by Gasteiger charge is 2.27. The summed E-state index contributed by atoms with van der Waals surface area (Å²) in [6.45, 7) is 2.99. The van der Waals surface area contributed by atoms with Crippen LogP contribution < -0.4 is 10.1 Å². The molecule has 0 bridgehead atoms. The van der Waals surface area contributed by atoms with Gasteiger partial charge in [0.2, 0.25) is 0 Å². The molecule has 0 spiro atoms. The van der Waals surface area contributed by atoms with Crippen LogP contribution in [0.2, 0.25) is 0 Å². The first-order valence-corrected chi connectivity index (χ1v) is 13.3. The summed E-state index contributed by atoms with van der Waals surface area (Å²) in [4.78, 5) is 3.35. The molecule has 2 N–H and O–H groups in total. The lowest BCUT2D eigenvalue weighted by molar-refractivity contribution is 0.322. The van der Waals surface area contributed by atoms with Crippen LogP contribution in [0, 0.1) is 0 Å². The fraction of sp³-hybridized carbons (Fsp3) is 0.273. The maximum Gasteiger partial charge on any atom is 0.119 e. The highest BCUT2D eigenvalue weighted by molar-refractivity contribution is 5.86. The zero-order chi connectivity index (χ0) is 24.3. The summed E-state index contributed by atoms with van der Waals surface area (Å²) in [6.07, 6.45) is 6.65. The van der Waals surface area contributed by atoms with E-state index in [9.17, 15) is 0 Å². The molecule has 3 heteroatoms. The first kappa shape index (κ1) is 22.9. The van der Waals surface area contributed by atoms with Gasteiger partial charge in [-0.15, -0.1) is 0 Å². The second-order valence-electron chi connectivity index (χ2n) is 10.2. The topological polar surface area (TPSA) is 37.0 Å². The number of aromatic amines is 1. The summed E-state index contributed by atoms with van der Waals surface area (Å²) in [5, 5.41) is 7.89. The van der Waals surface area contributed by atoms with Crippen molar-refractivity contribution in [2.24, 2.45) is 0 Å². The summed E-state index contributed by atoms with van der Waals surface area (Å²) in [5.74, 6) is 1.57. The molecule has 36 heavy (non-hydrogen) atoms. The predicted octanol–water partition coefficient (Wildman–Crippen LogP) is 7.93. The fourth-order valence-electron chi connectivity index (χ4n) is 5.96. The molecule has 0 amide bonds. The van der Waals surface area contributed by atoms with Crippen molar-refractivity contribution in [3.63, 3.8) is 0 Å². The van der Waals surface area contributed by atoms with E-state index < -0.39 is 0 Å². The van der Waals surface area contributed by atoms with Crippen molar-refractivity contribution in [3.05, 3.63) is 114 Å². The first-order valence-electron chi connectivity index (χ1n) is 13.3. The fourth-order valence-corrected chi connectivity index (χ4v) is 5.96. The lowest BCUT2D eigenvalue weighted by atomic mass is 9.96. The van der Waals surface area contributed by atoms with E-state index in [2.05, 4.69) is 114 Å². The molecule has 3 nitrogen and oxygen atoms in total. The van der Waals surface area contributed by atoms with E-state index in [4.69, 9.17) is 4.74 Å². The number of ether oxygens (including phenoxy) is 1. The highest BCUT2D eigenvalue weighted by Crippen LogP contribution is 2.36. The molecule has 0 aliphatic heterocycles. The Kier molecular flexibility index (Phi) is 6.48. The molecule has 1 fully saturated rings. The molecule has 1 saturated carbocycles. The minimum Gasteiger partial charge on any atom is -0.493 e. The average Bonchev–Trinajstić information content (AvgIpc) is 3.56. The van der Waals surface area contributed by atoms with Crippen LogP contribution in [0.25, 0.3) is 21.7 Å². The molecule has 5 aromatic rings. The molecule has 0 radical (unpaired) electrons. The van der Waals surface area contributed by atoms with Crippen LogP contribution in [0.4, 0.5) is 0 Å². The molecule has 6 rings (SSSR count). The van der Waals surface area contributed by atoms with Gasteiger partial charge in [-0.3, -0.25) is 0 Å². The maximum atomic E-state index is 6.08. The summed E-state index contributed by atoms with van der Waals surface area (Å²) in [6, 6.07) is 33.5. The zero-order valence-corrected chi connectivity index (χ0v) is 20.9. The average molecular weight is 475 g/mol. The summed E-state index contributed by atoms with van der Waals surface area (Å²) in [5.41, 5.74) is 5.32. The Hall–Kier alpha value is -3.56. The Morgan fingerprint density at radius 2 is 1.64 bits per heavy atom. The molecular formula is C33H34N2O. The van der Waals surface area contributed by atoms with Crippen molar-refractivity contribution in [2.45, 2.75) is 50.6 Å². The molecule has 1 heterocycles. The van der Waals surface area contributed by atoms with E-state index in [1.165, 1.54) is 57.6 Å². The first-order chi connectivity index (χ1) is 17.7. The molecule has 1 aliphatic rings. The summed E-state index contributed by atoms with van der Waals surface area (Å²) >= 11 is 0. The third kappa shape index (κ3) is 4.76. The van der Waals surface area contributed by atoms with Gasteiger partial charge in [-0.2, -0.15) is 0 Å². The van der Waals surface area contributed by atoms with E-state index in [0.717, 1.165) is 12.2 Å². The van der Waals surface area contributed by atoms with Gasteiger partial charge in [-0.1, -0.05) is 72.8 Å². The van der Waals surface area contributed by atoms with Crippen LogP contribution in [-0.4, -0.2) is 17.6 Å². The number of rotatable bonds is 8. The van der Waals surface area contributed by atoms with Gasteiger partial charge in [0.05, 0.1) is 6.61 Å². The Labute approximate surface area is 213 Å². The Bertz CT molecular complexity index is 1450. The zero-order valence-electron chi connectivity index (χ0n) is 20.9. The monoisotopic (exact) mass is 474 g/mol. The Morgan fingerprint density at radius 1 is 0.861 bits per heavy atom. The van der Waals surface area contributed by atoms with Crippen molar-refractivity contribution in [1.29, 1.82) is 0 Å². The number of hydrogen-bond donors (Lipinski definition) is 2. The number of benzene rings is 4. The molecule has 182 valence electrons. The van der Waals surface area contributed by atoms with Crippen molar-refractivity contribution >= 4 is 21.7 Å². The van der Waals surface area contributed by atoms with Crippen LogP contribution in [0.1, 0.15) is 54.8 Å². The van der Waals surface area contributed by atoms with Gasteiger partial charge >= 0.3 is 0 Å². The smallest absolute Gasteiger partial charge is 0.119 e. The van der Waals surface area contributed by atoms with Gasteiger partial charge in [0, 0.05) is 35.6 Å². The summed E-state index contributed by atoms with van der Waals surface area (Å²) < 4.78 is 6.08. The number of fused-ring (bicyclic) bond motifs is 2. The number of H-pyrrole nitrogens is 1. The quantitative estimate of drug-likeness (QED) is 0.240. The van der Waals surface area contributed by atoms with E-state index in [1.807, 2.05) is 0 Å². The van der Waals surface area contributed by atoms with Crippen molar-refractivity contribution in [2.75, 3.05) is 6.61 Å². The number of para-hydroxylation sites is 1. The largest absolute Gasteiger partial charge is 0.493 e. The van der Waals surface area contributed by atoms with Crippen LogP contribution in [0.3, 0.4) is 0 Å². The van der Waals surface area contributed by atoms with Crippen molar-refractivity contribution < 1.29 is 4.74 Å². The summed E-state index contributed by atoms with van der Waals surface area (Å²) in [7, 11) is 0. The number of aromatic nitrogens is 1. The van der Waals surface area contributed by atoms with Gasteiger partial charge in [-0.05, 0) is 77.8 Å². The van der Waals surface area contributed by atoms with Gasteiger partial charge in [0.1, 0.15) is 5.75 Å². The van der Waals surface area contributed by atoms with E-state index in [-0.39, 0.29) is 0 Å². The number of hydrogen-bond acceptors (Lipinski definition) is 2. The van der Waals surface area contributed by atoms with E-state index >= 15 is 0 Å². The van der Waals surface area contributed by atoms with Crippen LogP contribution in [0.5, 0.6) is 5.75 Å². The molecule has 4 aromatic carbocycles. The van der Waals surface area contributed by atoms with E-state index in [0.29, 0.717) is 24.6 Å². The lowest BCUT2D eigenvalue weighted by Crippen LogP contribution is -2.29. The minimum absolute atomic E-state index is 0.341. The van der Waals surface area contributed by atoms with Gasteiger partial charge in [-0.25, -0.2) is 0 Å². The maximum absolute atomic E-state index is 6.08. The molecular weight excluding hydrogens is 440 g/mol. The SMILES string of the molecule is C[C@@H](N[C@H]1CC[C@@H](c2ccc(OCCc3c[nH]c4ccccc34)cc2)C1)c1cccc2ccccc12. The molecule has 1 aromatic heterocycles. The molecule has 1 aliphatic carbocycles. The second kappa shape index (κ2) is 10.2. The normalized spacial score (nSPS) is 18.6. The lowest BCUT2D eigenvalue weighted by Gasteiger charge is -2.21. The standard InChI is InChI=1S/C33H34N2O/c1-23(30-11-6-8-25-7-2-3-9-31(25)30)35-28-16-13-26(21-28)24-14-17-29(18-15-24)36-20-19-27-22-34-33-12-5-4-10-32(27)33/h2-12,14-15,17-18,22-23,26,28,34-35H,13,16,19-21H2,1H3/t23-,26-,28+/m1/s1. The van der Waals surface area contributed by atoms with Crippen LogP contribution in [-0.2, 0) is 6.42 Å². The van der Waals surface area contributed by atoms with Crippen LogP contribution in [0.15, 0.2) is 97.2 Å². The molecule has 0 saturated heterocycles. The molecule has 3 atom stereocenters. The van der Waals surface area contributed by atoms with Gasteiger partial charge < -0.3 is 15.0 Å². The highest BCUT2D eigenvalue weighted by atomic mass is 16.5. The Morgan fingerprint density at radius 3 is 2.53 bits per heavy atom. The number of nitrogens with one attached hydrogen (secondary N) is 2. The molecule has 0 unspecified atom stereocenters. The van der Waals surface area contributed by atoms with E-state index in [1.54, 1.807) is 0 Å². The van der Waals surface area contributed by atoms with Crippen LogP contribution >= 0.6 is 0 Å². The third-order valence-corrected chi connectivity index (χ3v) is 7.87. The van der Waals surface area contributed by atoms with Crippen molar-refractivity contribution in [1.82, 2.24) is 10.3 Å². The second-order valence-corrected chi connectivity index (χ2v) is 10.2. The third-order valence-electron chi connectivity index (χ3n) is 7.87. The predicted molar refractivity (Wildman–Crippen MR) is 150 cm³/mol. The van der Waals surface area contributed by atoms with Gasteiger partial charge in [0.15, 0.2) is 0 Å². The van der Waals surface area contributed by atoms with Crippen molar-refractivity contribution in [3.8, 4) is 5.75 Å². The van der Waals surface area contributed by atoms with Gasteiger partial charge in [0.25, 0.3) is 0 Å².